The zero-order valence-corrected chi connectivity index (χ0v) is 28.9. The first kappa shape index (κ1) is 34.7. The molecule has 1 aliphatic carbocycles. The zero-order chi connectivity index (χ0) is 35.7. The van der Waals surface area contributed by atoms with Crippen LogP contribution in [-0.2, 0) is 21.4 Å². The van der Waals surface area contributed by atoms with Gasteiger partial charge in [0.15, 0.2) is 0 Å². The van der Waals surface area contributed by atoms with E-state index >= 15 is 4.39 Å². The second-order valence-electron chi connectivity index (χ2n) is 13.8. The van der Waals surface area contributed by atoms with E-state index in [1.165, 1.54) is 28.0 Å². The van der Waals surface area contributed by atoms with E-state index in [4.69, 9.17) is 4.74 Å². The number of rotatable bonds is 6. The molecule has 2 aromatic carbocycles. The number of nitrogens with one attached hydrogen (secondary N) is 1. The summed E-state index contributed by atoms with van der Waals surface area (Å²) in [5.74, 6) is -0.735. The Hall–Kier alpha value is -5.20. The van der Waals surface area contributed by atoms with Crippen molar-refractivity contribution in [3.05, 3.63) is 111 Å². The number of benzene rings is 2. The van der Waals surface area contributed by atoms with Crippen molar-refractivity contribution in [2.75, 3.05) is 45.7 Å². The van der Waals surface area contributed by atoms with Crippen LogP contribution in [0.5, 0.6) is 0 Å². The molecule has 12 heteroatoms. The van der Waals surface area contributed by atoms with Gasteiger partial charge in [0.25, 0.3) is 17.4 Å². The topological polar surface area (TPSA) is 130 Å². The van der Waals surface area contributed by atoms with Crippen LogP contribution in [0.25, 0.3) is 22.0 Å². The number of amides is 2. The van der Waals surface area contributed by atoms with Gasteiger partial charge in [-0.2, -0.15) is 9.78 Å². The third-order valence-corrected chi connectivity index (χ3v) is 8.95. The molecule has 50 heavy (non-hydrogen) atoms. The molecule has 0 saturated carbocycles. The zero-order valence-electron chi connectivity index (χ0n) is 28.9. The van der Waals surface area contributed by atoms with Gasteiger partial charge in [-0.05, 0) is 70.5 Å². The molecular weight excluding hydrogens is 639 g/mol. The van der Waals surface area contributed by atoms with Crippen molar-refractivity contribution in [3.8, 4) is 5.69 Å². The number of anilines is 1. The molecule has 11 nitrogen and oxygen atoms in total. The molecule has 6 rings (SSSR count). The Morgan fingerprint density at radius 2 is 1.86 bits per heavy atom. The van der Waals surface area contributed by atoms with Crippen LogP contribution in [0.15, 0.2) is 77.5 Å². The molecule has 2 amide bonds. The van der Waals surface area contributed by atoms with Gasteiger partial charge in [0.2, 0.25) is 0 Å². The van der Waals surface area contributed by atoms with Crippen LogP contribution in [0.2, 0.25) is 0 Å². The van der Waals surface area contributed by atoms with Gasteiger partial charge in [-0.3, -0.25) is 14.4 Å². The standard InChI is InChI=1S/C38H41FN6O5/c1-38(2,3)26-17-25-22-41-45(37(49)34(25)30(39)19-26)32-8-6-7-28-23(9-11-27(46)20-29(28)32)18-31(36(48)43(4)5)42-33-12-10-24(21-40-33)35(47)44-13-15-50-16-14-44/h6-10,12,17-19,21-22,27,46H,11,13-16,20H2,1-5H3,(H,40,42)/b31-18+. The van der Waals surface area contributed by atoms with Gasteiger partial charge in [-0.25, -0.2) is 9.37 Å². The van der Waals surface area contributed by atoms with Crippen LogP contribution in [0, 0.1) is 5.82 Å². The number of morpholine rings is 1. The average Bonchev–Trinajstić information content (AvgIpc) is 3.25. The number of aromatic nitrogens is 3. The number of nitrogens with zero attached hydrogens (tertiary/aromatic N) is 5. The molecule has 1 unspecified atom stereocenters. The molecule has 4 aromatic rings. The third kappa shape index (κ3) is 7.08. The monoisotopic (exact) mass is 680 g/mol. The highest BCUT2D eigenvalue weighted by Crippen LogP contribution is 2.32. The minimum atomic E-state index is -0.790. The first-order chi connectivity index (χ1) is 23.8. The summed E-state index contributed by atoms with van der Waals surface area (Å²) in [7, 11) is 3.27. The molecule has 3 heterocycles. The number of carbonyl (C=O) groups is 2. The van der Waals surface area contributed by atoms with Gasteiger partial charge in [0.05, 0.1) is 42.2 Å². The lowest BCUT2D eigenvalue weighted by atomic mass is 9.86. The number of aliphatic hydroxyl groups excluding tert-OH is 1. The fraction of sp³-hybridized carbons (Fsp3) is 0.342. The van der Waals surface area contributed by atoms with Crippen molar-refractivity contribution < 1.29 is 23.8 Å². The summed E-state index contributed by atoms with van der Waals surface area (Å²) in [6.45, 7) is 7.92. The number of carbonyl (C=O) groups excluding carboxylic acids is 2. The number of allylic oxidation sites excluding steroid dienone is 2. The molecular formula is C38H41FN6O5. The molecule has 260 valence electrons. The van der Waals surface area contributed by atoms with E-state index < -0.39 is 17.5 Å². The largest absolute Gasteiger partial charge is 0.392 e. The number of halogens is 1. The molecule has 0 radical (unpaired) electrons. The van der Waals surface area contributed by atoms with Gasteiger partial charge in [0.1, 0.15) is 17.3 Å². The average molecular weight is 681 g/mol. The number of hydrogen-bond donors (Lipinski definition) is 2. The predicted octanol–water partition coefficient (Wildman–Crippen LogP) is 4.46. The lowest BCUT2D eigenvalue weighted by Gasteiger charge is -2.26. The lowest BCUT2D eigenvalue weighted by molar-refractivity contribution is -0.124. The Labute approximate surface area is 289 Å². The third-order valence-electron chi connectivity index (χ3n) is 8.95. The molecule has 1 saturated heterocycles. The van der Waals surface area contributed by atoms with E-state index in [1.807, 2.05) is 32.9 Å². The van der Waals surface area contributed by atoms with Crippen LogP contribution < -0.4 is 10.9 Å². The Kier molecular flexibility index (Phi) is 9.68. The van der Waals surface area contributed by atoms with E-state index in [0.29, 0.717) is 65.5 Å². The number of fused-ring (bicyclic) bond motifs is 2. The van der Waals surface area contributed by atoms with Gasteiger partial charge >= 0.3 is 0 Å². The molecule has 2 aromatic heterocycles. The lowest BCUT2D eigenvalue weighted by Crippen LogP contribution is -2.40. The summed E-state index contributed by atoms with van der Waals surface area (Å²) in [4.78, 5) is 47.8. The SMILES string of the molecule is CN(C)C(=O)/C(=C\C1=CCC(O)Cc2c1cccc2-n1ncc2cc(C(C)(C)C)cc(F)c2c1=O)Nc1ccc(C(=O)N2CCOCC2)cn1. The molecule has 2 aliphatic rings. The number of pyridine rings is 1. The van der Waals surface area contributed by atoms with Gasteiger partial charge < -0.3 is 25.0 Å². The Bertz CT molecular complexity index is 2070. The first-order valence-corrected chi connectivity index (χ1v) is 16.6. The normalized spacial score (nSPS) is 16.8. The fourth-order valence-electron chi connectivity index (χ4n) is 6.15. The first-order valence-electron chi connectivity index (χ1n) is 16.6. The highest BCUT2D eigenvalue weighted by Gasteiger charge is 2.25. The van der Waals surface area contributed by atoms with Crippen molar-refractivity contribution in [2.24, 2.45) is 0 Å². The maximum absolute atomic E-state index is 15.5. The van der Waals surface area contributed by atoms with Crippen molar-refractivity contribution in [1.82, 2.24) is 24.6 Å². The van der Waals surface area contributed by atoms with Crippen LogP contribution in [0.4, 0.5) is 10.2 Å². The van der Waals surface area contributed by atoms with Crippen molar-refractivity contribution in [2.45, 2.75) is 45.1 Å². The van der Waals surface area contributed by atoms with Gasteiger partial charge in [-0.1, -0.05) is 39.0 Å². The Morgan fingerprint density at radius 3 is 2.54 bits per heavy atom. The predicted molar refractivity (Wildman–Crippen MR) is 190 cm³/mol. The smallest absolute Gasteiger partial charge is 0.282 e. The highest BCUT2D eigenvalue weighted by atomic mass is 19.1. The number of likely N-dealkylation sites (N-methyl/N-ethyl adjacent to an activating group) is 1. The Balaban J connectivity index is 1.38. The van der Waals surface area contributed by atoms with Crippen molar-refractivity contribution in [3.63, 3.8) is 0 Å². The summed E-state index contributed by atoms with van der Waals surface area (Å²) in [5, 5.41) is 18.9. The van der Waals surface area contributed by atoms with E-state index in [9.17, 15) is 19.5 Å². The molecule has 1 fully saturated rings. The van der Waals surface area contributed by atoms with Crippen molar-refractivity contribution >= 4 is 34.0 Å². The van der Waals surface area contributed by atoms with E-state index in [-0.39, 0.29) is 41.2 Å². The maximum Gasteiger partial charge on any atom is 0.282 e. The van der Waals surface area contributed by atoms with Crippen LogP contribution >= 0.6 is 0 Å². The van der Waals surface area contributed by atoms with Crippen LogP contribution in [0.1, 0.15) is 54.2 Å². The van der Waals surface area contributed by atoms with E-state index in [1.54, 1.807) is 55.4 Å². The number of aliphatic hydroxyl groups is 1. The summed E-state index contributed by atoms with van der Waals surface area (Å²) < 4.78 is 22.0. The summed E-state index contributed by atoms with van der Waals surface area (Å²) in [6, 6.07) is 11.8. The summed E-state index contributed by atoms with van der Waals surface area (Å²) in [6.07, 6.45) is 6.17. The number of hydrogen-bond acceptors (Lipinski definition) is 8. The molecule has 0 spiro atoms. The molecule has 0 bridgehead atoms. The number of ether oxygens (including phenoxy) is 1. The van der Waals surface area contributed by atoms with Crippen LogP contribution in [0.3, 0.4) is 0 Å². The summed E-state index contributed by atoms with van der Waals surface area (Å²) >= 11 is 0. The summed E-state index contributed by atoms with van der Waals surface area (Å²) in [5.41, 5.74) is 2.79. The maximum atomic E-state index is 15.5. The van der Waals surface area contributed by atoms with Crippen molar-refractivity contribution in [1.29, 1.82) is 0 Å². The molecule has 2 N–H and O–H groups in total. The Morgan fingerprint density at radius 1 is 1.10 bits per heavy atom. The van der Waals surface area contributed by atoms with Gasteiger partial charge in [-0.15, -0.1) is 0 Å². The second kappa shape index (κ2) is 14.0. The fourth-order valence-corrected chi connectivity index (χ4v) is 6.15. The van der Waals surface area contributed by atoms with E-state index in [0.717, 1.165) is 5.56 Å². The second-order valence-corrected chi connectivity index (χ2v) is 13.8. The quantitative estimate of drug-likeness (QED) is 0.286. The van der Waals surface area contributed by atoms with Crippen LogP contribution in [-0.4, -0.2) is 88.0 Å². The minimum Gasteiger partial charge on any atom is -0.392 e. The minimum absolute atomic E-state index is 0.0661. The molecule has 1 atom stereocenters. The molecule has 1 aliphatic heterocycles. The van der Waals surface area contributed by atoms with E-state index in [2.05, 4.69) is 15.4 Å². The van der Waals surface area contributed by atoms with Gasteiger partial charge in [0, 0.05) is 45.2 Å². The highest BCUT2D eigenvalue weighted by molar-refractivity contribution is 5.99.